The molecule has 0 spiro atoms. The third-order valence-corrected chi connectivity index (χ3v) is 5.24. The van der Waals surface area contributed by atoms with Crippen LogP contribution in [0.4, 0.5) is 0 Å². The van der Waals surface area contributed by atoms with Crippen LogP contribution < -0.4 is 15.6 Å². The molecule has 3 rings (SSSR count). The number of carboxylic acids is 1. The van der Waals surface area contributed by atoms with Gasteiger partial charge in [0.25, 0.3) is 11.5 Å². The largest absolute Gasteiger partial charge is 0.494 e. The van der Waals surface area contributed by atoms with E-state index in [1.807, 2.05) is 6.92 Å². The lowest BCUT2D eigenvalue weighted by atomic mass is 9.88. The van der Waals surface area contributed by atoms with Gasteiger partial charge in [-0.05, 0) is 31.4 Å². The van der Waals surface area contributed by atoms with Crippen molar-refractivity contribution in [2.45, 2.75) is 51.4 Å². The lowest BCUT2D eigenvalue weighted by Gasteiger charge is -2.25. The molecule has 0 unspecified atom stereocenters. The molecule has 2 aromatic rings. The zero-order valence-corrected chi connectivity index (χ0v) is 17.5. The van der Waals surface area contributed by atoms with Crippen LogP contribution in [-0.4, -0.2) is 44.8 Å². The van der Waals surface area contributed by atoms with E-state index in [0.717, 1.165) is 38.5 Å². The molecule has 9 heteroatoms. The summed E-state index contributed by atoms with van der Waals surface area (Å²) in [6.45, 7) is 1.83. The Bertz CT molecular complexity index is 1010. The molecule has 1 fully saturated rings. The number of amides is 1. The molecule has 9 nitrogen and oxygen atoms in total. The number of aliphatic carboxylic acids is 1. The Kier molecular flexibility index (Phi) is 7.28. The number of carbonyl (C=O) groups is 2. The normalized spacial score (nSPS) is 14.2. The van der Waals surface area contributed by atoms with Gasteiger partial charge in [-0.15, -0.1) is 0 Å². The van der Waals surface area contributed by atoms with Crippen molar-refractivity contribution in [2.24, 2.45) is 0 Å². The van der Waals surface area contributed by atoms with Crippen molar-refractivity contribution < 1.29 is 24.5 Å². The van der Waals surface area contributed by atoms with Gasteiger partial charge in [0.2, 0.25) is 5.88 Å². The Morgan fingerprint density at radius 3 is 2.68 bits per heavy atom. The quantitative estimate of drug-likeness (QED) is 0.588. The minimum atomic E-state index is -1.26. The second-order valence-corrected chi connectivity index (χ2v) is 7.57. The van der Waals surface area contributed by atoms with Gasteiger partial charge in [0.15, 0.2) is 5.56 Å². The van der Waals surface area contributed by atoms with E-state index in [-0.39, 0.29) is 5.92 Å². The molecule has 1 saturated carbocycles. The van der Waals surface area contributed by atoms with Gasteiger partial charge >= 0.3 is 5.97 Å². The monoisotopic (exact) mass is 429 g/mol. The summed E-state index contributed by atoms with van der Waals surface area (Å²) in [5.41, 5.74) is -0.858. The fourth-order valence-electron chi connectivity index (χ4n) is 3.79. The summed E-state index contributed by atoms with van der Waals surface area (Å²) in [4.78, 5) is 40.9. The van der Waals surface area contributed by atoms with Crippen molar-refractivity contribution in [1.82, 2.24) is 14.9 Å². The summed E-state index contributed by atoms with van der Waals surface area (Å²) in [5.74, 6) is -2.01. The fourth-order valence-corrected chi connectivity index (χ4v) is 3.79. The smallest absolute Gasteiger partial charge is 0.322 e. The van der Waals surface area contributed by atoms with Gasteiger partial charge in [0.05, 0.1) is 12.3 Å². The average Bonchev–Trinajstić information content (AvgIpc) is 2.76. The Morgan fingerprint density at radius 2 is 2.00 bits per heavy atom. The molecule has 31 heavy (non-hydrogen) atoms. The standard InChI is InChI=1S/C22H27N3O6/c1-2-11-31-16-10-6-9-15(12-16)25-19(14-7-4-3-5-8-14)24-21(29)18(22(25)30)20(28)23-13-17(26)27/h6,9-10,12,14,29H,2-5,7-8,11,13H2,1H3,(H,23,28)(H,26,27). The van der Waals surface area contributed by atoms with Crippen molar-refractivity contribution in [3.63, 3.8) is 0 Å². The van der Waals surface area contributed by atoms with Gasteiger partial charge in [0.1, 0.15) is 18.1 Å². The van der Waals surface area contributed by atoms with Crippen LogP contribution in [0.15, 0.2) is 29.1 Å². The summed E-state index contributed by atoms with van der Waals surface area (Å²) in [6.07, 6.45) is 5.55. The maximum absolute atomic E-state index is 13.4. The van der Waals surface area contributed by atoms with Gasteiger partial charge in [-0.2, -0.15) is 4.98 Å². The van der Waals surface area contributed by atoms with Crippen LogP contribution in [0.25, 0.3) is 5.69 Å². The molecular weight excluding hydrogens is 402 g/mol. The average molecular weight is 429 g/mol. The van der Waals surface area contributed by atoms with Crippen molar-refractivity contribution in [3.8, 4) is 17.3 Å². The summed E-state index contributed by atoms with van der Waals surface area (Å²) in [7, 11) is 0. The zero-order valence-electron chi connectivity index (χ0n) is 17.5. The van der Waals surface area contributed by atoms with Gasteiger partial charge in [-0.25, -0.2) is 0 Å². The highest BCUT2D eigenvalue weighted by Gasteiger charge is 2.28. The first-order chi connectivity index (χ1) is 14.9. The summed E-state index contributed by atoms with van der Waals surface area (Å²) in [5, 5.41) is 21.3. The molecule has 1 amide bonds. The zero-order chi connectivity index (χ0) is 22.4. The Balaban J connectivity index is 2.13. The van der Waals surface area contributed by atoms with E-state index in [1.54, 1.807) is 24.3 Å². The second kappa shape index (κ2) is 10.1. The van der Waals surface area contributed by atoms with Crippen LogP contribution in [0.5, 0.6) is 11.6 Å². The first kappa shape index (κ1) is 22.3. The molecule has 1 heterocycles. The van der Waals surface area contributed by atoms with Gasteiger partial charge < -0.3 is 20.3 Å². The van der Waals surface area contributed by atoms with Crippen molar-refractivity contribution in [1.29, 1.82) is 0 Å². The molecule has 3 N–H and O–H groups in total. The van der Waals surface area contributed by atoms with Crippen LogP contribution in [0.3, 0.4) is 0 Å². The molecule has 1 aliphatic rings. The maximum atomic E-state index is 13.4. The van der Waals surface area contributed by atoms with Crippen LogP contribution >= 0.6 is 0 Å². The molecule has 1 aromatic heterocycles. The third kappa shape index (κ3) is 5.22. The number of aromatic nitrogens is 2. The van der Waals surface area contributed by atoms with Crippen molar-refractivity contribution in [3.05, 3.63) is 46.0 Å². The number of hydrogen-bond acceptors (Lipinski definition) is 6. The van der Waals surface area contributed by atoms with Crippen molar-refractivity contribution >= 4 is 11.9 Å². The first-order valence-electron chi connectivity index (χ1n) is 10.5. The minimum absolute atomic E-state index is 0.0382. The summed E-state index contributed by atoms with van der Waals surface area (Å²) in [6, 6.07) is 6.93. The Morgan fingerprint density at radius 1 is 1.26 bits per heavy atom. The van der Waals surface area contributed by atoms with E-state index in [0.29, 0.717) is 23.9 Å². The van der Waals surface area contributed by atoms with Crippen molar-refractivity contribution in [2.75, 3.05) is 13.2 Å². The highest BCUT2D eigenvalue weighted by Crippen LogP contribution is 2.33. The topological polar surface area (TPSA) is 131 Å². The molecule has 0 bridgehead atoms. The molecule has 0 aliphatic heterocycles. The molecule has 1 aromatic carbocycles. The SMILES string of the molecule is CCCOc1cccc(-n2c(C3CCCCC3)nc(O)c(C(=O)NCC(=O)O)c2=O)c1. The lowest BCUT2D eigenvalue weighted by molar-refractivity contribution is -0.135. The van der Waals surface area contributed by atoms with Crippen LogP contribution in [0.2, 0.25) is 0 Å². The summed E-state index contributed by atoms with van der Waals surface area (Å²) < 4.78 is 7.02. The van der Waals surface area contributed by atoms with E-state index in [9.17, 15) is 19.5 Å². The number of nitrogens with one attached hydrogen (secondary N) is 1. The van der Waals surface area contributed by atoms with E-state index in [4.69, 9.17) is 9.84 Å². The predicted molar refractivity (Wildman–Crippen MR) is 113 cm³/mol. The number of aromatic hydroxyl groups is 1. The highest BCUT2D eigenvalue weighted by molar-refractivity contribution is 5.97. The molecule has 0 atom stereocenters. The molecule has 0 saturated heterocycles. The predicted octanol–water partition coefficient (Wildman–Crippen LogP) is 2.59. The Hall–Kier alpha value is -3.36. The van der Waals surface area contributed by atoms with E-state index in [1.165, 1.54) is 4.57 Å². The summed E-state index contributed by atoms with van der Waals surface area (Å²) >= 11 is 0. The number of rotatable bonds is 8. The van der Waals surface area contributed by atoms with Crippen LogP contribution in [-0.2, 0) is 4.79 Å². The number of benzene rings is 1. The van der Waals surface area contributed by atoms with E-state index >= 15 is 0 Å². The molecule has 0 radical (unpaired) electrons. The third-order valence-electron chi connectivity index (χ3n) is 5.24. The molecule has 1 aliphatic carbocycles. The Labute approximate surface area is 179 Å². The van der Waals surface area contributed by atoms with Gasteiger partial charge in [-0.1, -0.05) is 32.3 Å². The number of carboxylic acid groups (broad SMARTS) is 1. The highest BCUT2D eigenvalue weighted by atomic mass is 16.5. The van der Waals surface area contributed by atoms with Gasteiger partial charge in [-0.3, -0.25) is 19.0 Å². The van der Waals surface area contributed by atoms with E-state index < -0.39 is 35.4 Å². The maximum Gasteiger partial charge on any atom is 0.322 e. The van der Waals surface area contributed by atoms with Gasteiger partial charge in [0, 0.05) is 12.0 Å². The fraction of sp³-hybridized carbons (Fsp3) is 0.455. The number of hydrogen-bond donors (Lipinski definition) is 3. The van der Waals surface area contributed by atoms with E-state index in [2.05, 4.69) is 10.3 Å². The van der Waals surface area contributed by atoms with Crippen LogP contribution in [0, 0.1) is 0 Å². The van der Waals surface area contributed by atoms with Crippen LogP contribution in [0.1, 0.15) is 67.5 Å². The lowest BCUT2D eigenvalue weighted by Crippen LogP contribution is -2.37. The first-order valence-corrected chi connectivity index (χ1v) is 10.5. The number of carbonyl (C=O) groups excluding carboxylic acids is 1. The second-order valence-electron chi connectivity index (χ2n) is 7.57. The number of ether oxygens (including phenoxy) is 1. The molecular formula is C22H27N3O6. The number of nitrogens with zero attached hydrogens (tertiary/aromatic N) is 2. The minimum Gasteiger partial charge on any atom is -0.494 e. The molecule has 166 valence electrons.